The quantitative estimate of drug-likeness (QED) is 0.286. The summed E-state index contributed by atoms with van der Waals surface area (Å²) in [6.45, 7) is 0.899. The van der Waals surface area contributed by atoms with Crippen molar-refractivity contribution in [3.05, 3.63) is 77.9 Å². The lowest BCUT2D eigenvalue weighted by Gasteiger charge is -2.27. The van der Waals surface area contributed by atoms with Crippen molar-refractivity contribution in [2.45, 2.75) is 19.0 Å². The van der Waals surface area contributed by atoms with Crippen LogP contribution in [0.25, 0.3) is 5.76 Å². The molecule has 1 N–H and O–H groups in total. The lowest BCUT2D eigenvalue weighted by molar-refractivity contribution is -0.140. The number of carbonyl (C=O) groups is 2. The Balaban J connectivity index is 1.80. The van der Waals surface area contributed by atoms with Crippen molar-refractivity contribution in [3.8, 4) is 17.2 Å². The molecule has 0 bridgehead atoms. The first-order chi connectivity index (χ1) is 17.0. The van der Waals surface area contributed by atoms with Gasteiger partial charge in [0.1, 0.15) is 11.5 Å². The van der Waals surface area contributed by atoms with Gasteiger partial charge in [-0.05, 0) is 36.8 Å². The molecule has 1 fully saturated rings. The van der Waals surface area contributed by atoms with Crippen LogP contribution in [0.2, 0.25) is 0 Å². The summed E-state index contributed by atoms with van der Waals surface area (Å²) in [7, 11) is 4.55. The maximum atomic E-state index is 13.3. The molecular formula is C26H27N3O6. The van der Waals surface area contributed by atoms with Crippen LogP contribution in [0, 0.1) is 0 Å². The monoisotopic (exact) mass is 477 g/mol. The standard InChI is InChI=1S/C26H27N3O6/c1-33-18-10-8-17(9-11-18)23(30)21-22(19-6-4-7-20(34-2)25(19)35-3)29(26(32)24(21)31)14-5-13-28-15-12-27-16-28/h4,6-12,15-16,22,30H,5,13-14H2,1-3H3. The van der Waals surface area contributed by atoms with Crippen molar-refractivity contribution in [1.82, 2.24) is 14.5 Å². The number of imidazole rings is 1. The average Bonchev–Trinajstić information content (AvgIpc) is 3.50. The number of aliphatic hydroxyl groups excluding tert-OH is 1. The zero-order valence-corrected chi connectivity index (χ0v) is 19.8. The highest BCUT2D eigenvalue weighted by molar-refractivity contribution is 6.46. The molecule has 9 nitrogen and oxygen atoms in total. The van der Waals surface area contributed by atoms with E-state index in [2.05, 4.69) is 4.98 Å². The van der Waals surface area contributed by atoms with Gasteiger partial charge in [0.05, 0.1) is 39.3 Å². The number of rotatable bonds is 9. The normalized spacial score (nSPS) is 17.0. The van der Waals surface area contributed by atoms with Crippen LogP contribution in [0.15, 0.2) is 66.8 Å². The van der Waals surface area contributed by atoms with E-state index in [9.17, 15) is 14.7 Å². The number of Topliss-reactive ketones (excluding diaryl/α,β-unsaturated/α-hetero) is 1. The Kier molecular flexibility index (Phi) is 7.05. The van der Waals surface area contributed by atoms with Gasteiger partial charge < -0.3 is 28.8 Å². The number of amides is 1. The maximum absolute atomic E-state index is 13.3. The lowest BCUT2D eigenvalue weighted by Crippen LogP contribution is -2.31. The number of aliphatic hydroxyl groups is 1. The second-order valence-electron chi connectivity index (χ2n) is 7.96. The number of aryl methyl sites for hydroxylation is 1. The van der Waals surface area contributed by atoms with Crippen molar-refractivity contribution in [2.24, 2.45) is 0 Å². The molecule has 0 spiro atoms. The van der Waals surface area contributed by atoms with Crippen molar-refractivity contribution >= 4 is 17.4 Å². The Morgan fingerprint density at radius 1 is 1.00 bits per heavy atom. The first kappa shape index (κ1) is 23.9. The fraction of sp³-hybridized carbons (Fsp3) is 0.269. The third-order valence-electron chi connectivity index (χ3n) is 6.01. The number of hydrogen-bond acceptors (Lipinski definition) is 7. The highest BCUT2D eigenvalue weighted by atomic mass is 16.5. The number of hydrogen-bond donors (Lipinski definition) is 1. The fourth-order valence-corrected chi connectivity index (χ4v) is 4.31. The van der Waals surface area contributed by atoms with Crippen molar-refractivity contribution in [3.63, 3.8) is 0 Å². The maximum Gasteiger partial charge on any atom is 0.295 e. The van der Waals surface area contributed by atoms with Crippen LogP contribution in [0.1, 0.15) is 23.6 Å². The summed E-state index contributed by atoms with van der Waals surface area (Å²) >= 11 is 0. The number of para-hydroxylation sites is 1. The topological polar surface area (TPSA) is 103 Å². The van der Waals surface area contributed by atoms with Gasteiger partial charge in [0.25, 0.3) is 11.7 Å². The summed E-state index contributed by atoms with van der Waals surface area (Å²) in [5.41, 5.74) is 0.937. The van der Waals surface area contributed by atoms with Gasteiger partial charge in [-0.1, -0.05) is 12.1 Å². The molecule has 1 aromatic heterocycles. The van der Waals surface area contributed by atoms with E-state index in [1.165, 1.54) is 19.1 Å². The number of methoxy groups -OCH3 is 3. The van der Waals surface area contributed by atoms with E-state index in [1.807, 2.05) is 10.8 Å². The summed E-state index contributed by atoms with van der Waals surface area (Å²) < 4.78 is 18.1. The molecule has 1 unspecified atom stereocenters. The zero-order valence-electron chi connectivity index (χ0n) is 19.8. The summed E-state index contributed by atoms with van der Waals surface area (Å²) in [4.78, 5) is 32.0. The molecule has 1 aliphatic rings. The van der Waals surface area contributed by atoms with Crippen LogP contribution in [0.4, 0.5) is 0 Å². The van der Waals surface area contributed by atoms with Crippen LogP contribution in [-0.4, -0.2) is 59.1 Å². The minimum absolute atomic E-state index is 0.00523. The number of ketones is 1. The van der Waals surface area contributed by atoms with Gasteiger partial charge in [-0.2, -0.15) is 0 Å². The number of ether oxygens (including phenoxy) is 3. The molecule has 1 amide bonds. The SMILES string of the molecule is COc1ccc(C(O)=C2C(=O)C(=O)N(CCCn3ccnc3)C2c2cccc(OC)c2OC)cc1. The van der Waals surface area contributed by atoms with Gasteiger partial charge in [0.2, 0.25) is 0 Å². The molecule has 4 rings (SSSR count). The molecule has 1 aliphatic heterocycles. The Hall–Kier alpha value is -4.27. The van der Waals surface area contributed by atoms with Gasteiger partial charge in [-0.25, -0.2) is 4.98 Å². The smallest absolute Gasteiger partial charge is 0.295 e. The largest absolute Gasteiger partial charge is 0.507 e. The summed E-state index contributed by atoms with van der Waals surface area (Å²) in [6.07, 6.45) is 5.79. The van der Waals surface area contributed by atoms with Gasteiger partial charge in [0, 0.05) is 36.6 Å². The van der Waals surface area contributed by atoms with E-state index < -0.39 is 17.7 Å². The molecule has 1 saturated heterocycles. The summed E-state index contributed by atoms with van der Waals surface area (Å²) in [6, 6.07) is 11.0. The Bertz CT molecular complexity index is 1230. The third kappa shape index (κ3) is 4.57. The number of nitrogens with zero attached hydrogens (tertiary/aromatic N) is 3. The van der Waals surface area contributed by atoms with Gasteiger partial charge in [-0.15, -0.1) is 0 Å². The fourth-order valence-electron chi connectivity index (χ4n) is 4.31. The van der Waals surface area contributed by atoms with Crippen LogP contribution in [0.3, 0.4) is 0 Å². The minimum Gasteiger partial charge on any atom is -0.507 e. The molecule has 0 aliphatic carbocycles. The lowest BCUT2D eigenvalue weighted by atomic mass is 9.94. The van der Waals surface area contributed by atoms with Crippen LogP contribution < -0.4 is 14.2 Å². The number of benzene rings is 2. The van der Waals surface area contributed by atoms with Crippen LogP contribution in [0.5, 0.6) is 17.2 Å². The predicted molar refractivity (Wildman–Crippen MR) is 128 cm³/mol. The van der Waals surface area contributed by atoms with E-state index in [0.29, 0.717) is 41.3 Å². The molecule has 0 radical (unpaired) electrons. The molecule has 35 heavy (non-hydrogen) atoms. The van der Waals surface area contributed by atoms with E-state index in [4.69, 9.17) is 14.2 Å². The van der Waals surface area contributed by atoms with Crippen molar-refractivity contribution in [1.29, 1.82) is 0 Å². The van der Waals surface area contributed by atoms with E-state index in [0.717, 1.165) is 0 Å². The number of aromatic nitrogens is 2. The van der Waals surface area contributed by atoms with E-state index in [-0.39, 0.29) is 17.9 Å². The van der Waals surface area contributed by atoms with Crippen LogP contribution >= 0.6 is 0 Å². The Labute approximate surface area is 203 Å². The number of carbonyl (C=O) groups excluding carboxylic acids is 2. The summed E-state index contributed by atoms with van der Waals surface area (Å²) in [5.74, 6) is -0.248. The second kappa shape index (κ2) is 10.3. The molecule has 2 aromatic carbocycles. The molecular weight excluding hydrogens is 450 g/mol. The van der Waals surface area contributed by atoms with Crippen LogP contribution in [-0.2, 0) is 16.1 Å². The van der Waals surface area contributed by atoms with Gasteiger partial charge >= 0.3 is 0 Å². The highest BCUT2D eigenvalue weighted by Gasteiger charge is 2.47. The Morgan fingerprint density at radius 2 is 1.77 bits per heavy atom. The van der Waals surface area contributed by atoms with Crippen molar-refractivity contribution < 1.29 is 28.9 Å². The third-order valence-corrected chi connectivity index (χ3v) is 6.01. The summed E-state index contributed by atoms with van der Waals surface area (Å²) in [5, 5.41) is 11.2. The molecule has 0 saturated carbocycles. The van der Waals surface area contributed by atoms with Gasteiger partial charge in [0.15, 0.2) is 11.5 Å². The molecule has 3 aromatic rings. The molecule has 2 heterocycles. The Morgan fingerprint density at radius 3 is 2.40 bits per heavy atom. The van der Waals surface area contributed by atoms with Gasteiger partial charge in [-0.3, -0.25) is 9.59 Å². The predicted octanol–water partition coefficient (Wildman–Crippen LogP) is 3.42. The van der Waals surface area contributed by atoms with E-state index in [1.54, 1.807) is 62.1 Å². The molecule has 1 atom stereocenters. The number of likely N-dealkylation sites (tertiary alicyclic amines) is 1. The minimum atomic E-state index is -0.857. The van der Waals surface area contributed by atoms with Crippen molar-refractivity contribution in [2.75, 3.05) is 27.9 Å². The average molecular weight is 478 g/mol. The first-order valence-electron chi connectivity index (χ1n) is 11.1. The first-order valence-corrected chi connectivity index (χ1v) is 11.1. The highest BCUT2D eigenvalue weighted by Crippen LogP contribution is 2.45. The van der Waals surface area contributed by atoms with E-state index >= 15 is 0 Å². The molecule has 9 heteroatoms. The second-order valence-corrected chi connectivity index (χ2v) is 7.96. The zero-order chi connectivity index (χ0) is 24.9. The molecule has 182 valence electrons.